The van der Waals surface area contributed by atoms with Crippen LogP contribution in [0.2, 0.25) is 0 Å². The summed E-state index contributed by atoms with van der Waals surface area (Å²) in [6.07, 6.45) is 0. The minimum Gasteiger partial charge on any atom is -0.384 e. The monoisotopic (exact) mass is 272 g/mol. The third kappa shape index (κ3) is 4.29. The number of nitrogens with one attached hydrogen (secondary N) is 2. The predicted molar refractivity (Wildman–Crippen MR) is 73.2 cm³/mol. The van der Waals surface area contributed by atoms with Crippen molar-refractivity contribution in [3.05, 3.63) is 29.8 Å². The first-order chi connectivity index (χ1) is 8.50. The molecule has 0 spiro atoms. The van der Waals surface area contributed by atoms with Gasteiger partial charge in [0.25, 0.3) is 0 Å². The zero-order valence-electron chi connectivity index (χ0n) is 10.9. The molecule has 0 saturated carbocycles. The lowest BCUT2D eigenvalue weighted by atomic mass is 10.1. The lowest BCUT2D eigenvalue weighted by Gasteiger charge is -2.17. The van der Waals surface area contributed by atoms with Crippen molar-refractivity contribution in [1.29, 1.82) is 0 Å². The summed E-state index contributed by atoms with van der Waals surface area (Å²) in [7, 11) is -0.0509. The molecular formula is C12H20N2O3S. The number of anilines is 1. The maximum Gasteiger partial charge on any atom is 0.235 e. The summed E-state index contributed by atoms with van der Waals surface area (Å²) in [5.41, 5.74) is 1.52. The van der Waals surface area contributed by atoms with Gasteiger partial charge in [0.1, 0.15) is 0 Å². The topological polar surface area (TPSA) is 67.4 Å². The molecule has 1 unspecified atom stereocenters. The van der Waals surface area contributed by atoms with Gasteiger partial charge in [-0.25, -0.2) is 8.42 Å². The molecule has 0 heterocycles. The predicted octanol–water partition coefficient (Wildman–Crippen LogP) is 1.36. The Kier molecular flexibility index (Phi) is 5.58. The Labute approximate surface area is 109 Å². The van der Waals surface area contributed by atoms with E-state index in [0.717, 1.165) is 5.56 Å². The van der Waals surface area contributed by atoms with Gasteiger partial charge in [-0.05, 0) is 25.6 Å². The van der Waals surface area contributed by atoms with Gasteiger partial charge in [-0.3, -0.25) is 4.72 Å². The average molecular weight is 272 g/mol. The number of ether oxygens (including phenoxy) is 1. The quantitative estimate of drug-likeness (QED) is 0.786. The zero-order valence-corrected chi connectivity index (χ0v) is 11.8. The molecule has 1 rings (SSSR count). The van der Waals surface area contributed by atoms with Crippen LogP contribution in [0.3, 0.4) is 0 Å². The van der Waals surface area contributed by atoms with Gasteiger partial charge in [0, 0.05) is 13.2 Å². The summed E-state index contributed by atoms with van der Waals surface area (Å²) >= 11 is 0. The van der Waals surface area contributed by atoms with Crippen molar-refractivity contribution in [3.8, 4) is 0 Å². The van der Waals surface area contributed by atoms with E-state index in [1.807, 2.05) is 26.1 Å². The summed E-state index contributed by atoms with van der Waals surface area (Å²) in [4.78, 5) is 0. The highest BCUT2D eigenvalue weighted by Crippen LogP contribution is 2.23. The molecule has 0 aliphatic rings. The van der Waals surface area contributed by atoms with E-state index in [0.29, 0.717) is 5.69 Å². The first kappa shape index (κ1) is 14.9. The van der Waals surface area contributed by atoms with Gasteiger partial charge in [0.15, 0.2) is 0 Å². The van der Waals surface area contributed by atoms with Crippen LogP contribution in [0.4, 0.5) is 5.69 Å². The fourth-order valence-corrected chi connectivity index (χ4v) is 2.54. The highest BCUT2D eigenvalue weighted by Gasteiger charge is 2.14. The van der Waals surface area contributed by atoms with Crippen molar-refractivity contribution < 1.29 is 13.2 Å². The zero-order chi connectivity index (χ0) is 13.6. The van der Waals surface area contributed by atoms with Crippen LogP contribution in [0, 0.1) is 0 Å². The normalized spacial score (nSPS) is 13.3. The van der Waals surface area contributed by atoms with E-state index in [4.69, 9.17) is 4.74 Å². The highest BCUT2D eigenvalue weighted by molar-refractivity contribution is 7.92. The van der Waals surface area contributed by atoms with Gasteiger partial charge in [0.2, 0.25) is 10.0 Å². The number of methoxy groups -OCH3 is 1. The fraction of sp³-hybridized carbons (Fsp3) is 0.500. The van der Waals surface area contributed by atoms with Crippen molar-refractivity contribution in [1.82, 2.24) is 5.32 Å². The molecule has 1 atom stereocenters. The van der Waals surface area contributed by atoms with Crippen LogP contribution in [0.1, 0.15) is 18.5 Å². The van der Waals surface area contributed by atoms with E-state index in [1.165, 1.54) is 7.11 Å². The van der Waals surface area contributed by atoms with Gasteiger partial charge < -0.3 is 10.1 Å². The van der Waals surface area contributed by atoms with Gasteiger partial charge in [-0.1, -0.05) is 18.2 Å². The summed E-state index contributed by atoms with van der Waals surface area (Å²) in [6.45, 7) is 2.15. The Morgan fingerprint density at radius 2 is 2.00 bits per heavy atom. The summed E-state index contributed by atoms with van der Waals surface area (Å²) in [5, 5.41) is 3.09. The molecule has 0 bridgehead atoms. The first-order valence-corrected chi connectivity index (χ1v) is 7.41. The summed E-state index contributed by atoms with van der Waals surface area (Å²) < 4.78 is 31.0. The molecular weight excluding hydrogens is 252 g/mol. The highest BCUT2D eigenvalue weighted by atomic mass is 32.2. The maximum atomic E-state index is 11.8. The Bertz CT molecular complexity index is 474. The van der Waals surface area contributed by atoms with E-state index >= 15 is 0 Å². The van der Waals surface area contributed by atoms with Gasteiger partial charge in [-0.2, -0.15) is 0 Å². The second-order valence-electron chi connectivity index (χ2n) is 4.01. The fourth-order valence-electron chi connectivity index (χ4n) is 1.53. The van der Waals surface area contributed by atoms with Crippen LogP contribution in [0.5, 0.6) is 0 Å². The standard InChI is InChI=1S/C12H20N2O3S/c1-10(13-2)11-6-4-5-7-12(11)14-18(15,16)9-8-17-3/h4-7,10,13-14H,8-9H2,1-3H3. The molecule has 0 aliphatic carbocycles. The Balaban J connectivity index is 2.90. The molecule has 6 heteroatoms. The largest absolute Gasteiger partial charge is 0.384 e. The van der Waals surface area contributed by atoms with Crippen molar-refractivity contribution in [3.63, 3.8) is 0 Å². The van der Waals surface area contributed by atoms with E-state index < -0.39 is 10.0 Å². The molecule has 0 aromatic heterocycles. The summed E-state index contributed by atoms with van der Waals surface area (Å²) in [5.74, 6) is -0.0498. The molecule has 0 fully saturated rings. The number of rotatable bonds is 7. The SMILES string of the molecule is CNC(C)c1ccccc1NS(=O)(=O)CCOC. The second-order valence-corrected chi connectivity index (χ2v) is 5.85. The van der Waals surface area contributed by atoms with Gasteiger partial charge in [-0.15, -0.1) is 0 Å². The molecule has 102 valence electrons. The molecule has 1 aromatic rings. The van der Waals surface area contributed by atoms with Gasteiger partial charge in [0.05, 0.1) is 18.0 Å². The van der Waals surface area contributed by atoms with Crippen LogP contribution in [0.15, 0.2) is 24.3 Å². The number of hydrogen-bond donors (Lipinski definition) is 2. The van der Waals surface area contributed by atoms with Crippen molar-refractivity contribution >= 4 is 15.7 Å². The molecule has 0 amide bonds. The molecule has 5 nitrogen and oxygen atoms in total. The summed E-state index contributed by atoms with van der Waals surface area (Å²) in [6, 6.07) is 7.42. The number of benzene rings is 1. The smallest absolute Gasteiger partial charge is 0.235 e. The maximum absolute atomic E-state index is 11.8. The third-order valence-electron chi connectivity index (χ3n) is 2.68. The van der Waals surface area contributed by atoms with Crippen LogP contribution in [-0.2, 0) is 14.8 Å². The van der Waals surface area contributed by atoms with Crippen molar-refractivity contribution in [2.75, 3.05) is 31.2 Å². The number of hydrogen-bond acceptors (Lipinski definition) is 4. The number of para-hydroxylation sites is 1. The Morgan fingerprint density at radius 3 is 2.61 bits per heavy atom. The van der Waals surface area contributed by atoms with Crippen LogP contribution >= 0.6 is 0 Å². The van der Waals surface area contributed by atoms with Gasteiger partial charge >= 0.3 is 0 Å². The van der Waals surface area contributed by atoms with Crippen molar-refractivity contribution in [2.24, 2.45) is 0 Å². The van der Waals surface area contributed by atoms with E-state index in [1.54, 1.807) is 12.1 Å². The Morgan fingerprint density at radius 1 is 1.33 bits per heavy atom. The molecule has 0 radical (unpaired) electrons. The minimum atomic E-state index is -3.36. The van der Waals surface area contributed by atoms with E-state index in [9.17, 15) is 8.42 Å². The molecule has 2 N–H and O–H groups in total. The van der Waals surface area contributed by atoms with E-state index in [2.05, 4.69) is 10.0 Å². The molecule has 18 heavy (non-hydrogen) atoms. The average Bonchev–Trinajstić information content (AvgIpc) is 2.36. The minimum absolute atomic E-state index is 0.0498. The van der Waals surface area contributed by atoms with E-state index in [-0.39, 0.29) is 18.4 Å². The van der Waals surface area contributed by atoms with Crippen LogP contribution < -0.4 is 10.0 Å². The lowest BCUT2D eigenvalue weighted by Crippen LogP contribution is -2.22. The second kappa shape index (κ2) is 6.72. The molecule has 0 aliphatic heterocycles. The molecule has 1 aromatic carbocycles. The van der Waals surface area contributed by atoms with Crippen LogP contribution in [-0.4, -0.2) is 34.9 Å². The van der Waals surface area contributed by atoms with Crippen LogP contribution in [0.25, 0.3) is 0 Å². The Hall–Kier alpha value is -1.11. The first-order valence-electron chi connectivity index (χ1n) is 5.76. The lowest BCUT2D eigenvalue weighted by molar-refractivity contribution is 0.217. The number of sulfonamides is 1. The third-order valence-corrected chi connectivity index (χ3v) is 3.92. The molecule has 0 saturated heterocycles. The van der Waals surface area contributed by atoms with Crippen molar-refractivity contribution in [2.45, 2.75) is 13.0 Å².